The van der Waals surface area contributed by atoms with E-state index in [4.69, 9.17) is 10.5 Å². The average molecular weight is 492 g/mol. The summed E-state index contributed by atoms with van der Waals surface area (Å²) in [6.07, 6.45) is 0.602. The lowest BCUT2D eigenvalue weighted by Gasteiger charge is -2.28. The number of nitrogens with one attached hydrogen (secondary N) is 4. The number of hydrogen-bond donors (Lipinski definition) is 5. The van der Waals surface area contributed by atoms with Crippen molar-refractivity contribution >= 4 is 35.9 Å². The Morgan fingerprint density at radius 1 is 1.03 bits per heavy atom. The number of benzene rings is 1. The van der Waals surface area contributed by atoms with Crippen molar-refractivity contribution in [1.82, 2.24) is 16.0 Å². The minimum Gasteiger partial charge on any atom is -0.463 e. The first kappa shape index (κ1) is 29.4. The Bertz CT molecular complexity index is 879. The lowest BCUT2D eigenvalue weighted by molar-refractivity contribution is -0.135. The molecule has 1 aromatic carbocycles. The summed E-state index contributed by atoms with van der Waals surface area (Å²) in [5, 5.41) is 10.7. The van der Waals surface area contributed by atoms with Gasteiger partial charge in [-0.05, 0) is 36.5 Å². The highest BCUT2D eigenvalue weighted by molar-refractivity contribution is 5.98. The highest BCUT2D eigenvalue weighted by atomic mass is 16.5. The maximum atomic E-state index is 13.1. The number of amides is 5. The fraction of sp³-hybridized carbons (Fsp3) is 0.542. The van der Waals surface area contributed by atoms with Gasteiger partial charge in [0.2, 0.25) is 17.7 Å². The van der Waals surface area contributed by atoms with Crippen molar-refractivity contribution in [1.29, 1.82) is 0 Å². The van der Waals surface area contributed by atoms with Crippen molar-refractivity contribution < 1.29 is 28.7 Å². The molecule has 2 unspecified atom stereocenters. The van der Waals surface area contributed by atoms with Crippen molar-refractivity contribution in [3.8, 4) is 0 Å². The molecule has 194 valence electrons. The second-order valence-corrected chi connectivity index (χ2v) is 9.53. The van der Waals surface area contributed by atoms with Crippen LogP contribution in [0.15, 0.2) is 24.3 Å². The van der Waals surface area contributed by atoms with Gasteiger partial charge in [-0.3, -0.25) is 19.2 Å². The molecular weight excluding hydrogens is 454 g/mol. The van der Waals surface area contributed by atoms with Crippen molar-refractivity contribution in [3.63, 3.8) is 0 Å². The number of nitrogens with two attached hydrogens (primary N) is 1. The van der Waals surface area contributed by atoms with Gasteiger partial charge >= 0.3 is 6.03 Å². The zero-order valence-corrected chi connectivity index (χ0v) is 21.0. The van der Waals surface area contributed by atoms with Crippen LogP contribution in [0.5, 0.6) is 0 Å². The van der Waals surface area contributed by atoms with Gasteiger partial charge in [0.1, 0.15) is 18.7 Å². The third-order valence-electron chi connectivity index (χ3n) is 5.06. The molecule has 0 aliphatic heterocycles. The van der Waals surface area contributed by atoms with E-state index < -0.39 is 35.3 Å². The Hall–Kier alpha value is -3.63. The third kappa shape index (κ3) is 10.9. The van der Waals surface area contributed by atoms with E-state index in [0.717, 1.165) is 5.56 Å². The second-order valence-electron chi connectivity index (χ2n) is 9.53. The Balaban J connectivity index is 2.95. The first-order valence-corrected chi connectivity index (χ1v) is 11.4. The minimum absolute atomic E-state index is 0.111. The number of hydrogen-bond acceptors (Lipinski definition) is 6. The maximum Gasteiger partial charge on any atom is 0.312 e. The summed E-state index contributed by atoms with van der Waals surface area (Å²) in [7, 11) is 0. The Morgan fingerprint density at radius 2 is 1.66 bits per heavy atom. The van der Waals surface area contributed by atoms with Crippen LogP contribution in [0, 0.1) is 11.3 Å². The van der Waals surface area contributed by atoms with Crippen molar-refractivity contribution in [2.24, 2.45) is 17.1 Å². The van der Waals surface area contributed by atoms with Gasteiger partial charge in [0.05, 0.1) is 0 Å². The number of carbonyl (C=O) groups excluding carboxylic acids is 5. The number of primary amides is 1. The molecule has 0 aliphatic carbocycles. The van der Waals surface area contributed by atoms with Crippen molar-refractivity contribution in [3.05, 3.63) is 29.8 Å². The number of anilines is 1. The molecule has 0 aromatic heterocycles. The van der Waals surface area contributed by atoms with E-state index in [0.29, 0.717) is 18.6 Å². The molecule has 0 aliphatic rings. The average Bonchev–Trinajstić information content (AvgIpc) is 2.77. The van der Waals surface area contributed by atoms with Gasteiger partial charge < -0.3 is 31.7 Å². The zero-order valence-electron chi connectivity index (χ0n) is 21.0. The normalized spacial score (nSPS) is 12.7. The lowest BCUT2D eigenvalue weighted by atomic mass is 9.93. The van der Waals surface area contributed by atoms with Crippen molar-refractivity contribution in [2.75, 3.05) is 11.9 Å². The first-order valence-electron chi connectivity index (χ1n) is 11.4. The summed E-state index contributed by atoms with van der Waals surface area (Å²) in [6.45, 7) is 9.53. The van der Waals surface area contributed by atoms with Gasteiger partial charge in [0.15, 0.2) is 0 Å². The molecule has 11 heteroatoms. The van der Waals surface area contributed by atoms with E-state index >= 15 is 0 Å². The fourth-order valence-corrected chi connectivity index (χ4v) is 2.98. The van der Waals surface area contributed by atoms with E-state index in [9.17, 15) is 24.0 Å². The number of ether oxygens (including phenoxy) is 1. The Kier molecular flexibility index (Phi) is 11.7. The molecule has 0 saturated heterocycles. The van der Waals surface area contributed by atoms with Gasteiger partial charge in [-0.1, -0.05) is 46.8 Å². The lowest BCUT2D eigenvalue weighted by Crippen LogP contribution is -2.56. The third-order valence-corrected chi connectivity index (χ3v) is 5.06. The summed E-state index contributed by atoms with van der Waals surface area (Å²) >= 11 is 0. The van der Waals surface area contributed by atoms with Crippen molar-refractivity contribution in [2.45, 2.75) is 66.2 Å². The van der Waals surface area contributed by atoms with E-state index in [-0.39, 0.29) is 31.4 Å². The SMILES string of the molecule is CC(C)C(NC(=O)C(C)(C)C)C(=O)NC(CCCNC(N)=O)C(=O)Nc1ccc(COC=O)cc1. The molecule has 0 fully saturated rings. The minimum atomic E-state index is -0.928. The van der Waals surface area contributed by atoms with E-state index in [1.807, 2.05) is 0 Å². The molecule has 0 radical (unpaired) electrons. The fourth-order valence-electron chi connectivity index (χ4n) is 2.98. The van der Waals surface area contributed by atoms with Crippen LogP contribution in [0.3, 0.4) is 0 Å². The highest BCUT2D eigenvalue weighted by Gasteiger charge is 2.31. The van der Waals surface area contributed by atoms with E-state index in [2.05, 4.69) is 21.3 Å². The quantitative estimate of drug-likeness (QED) is 0.206. The van der Waals surface area contributed by atoms with Crippen LogP contribution in [-0.2, 0) is 30.5 Å². The summed E-state index contributed by atoms with van der Waals surface area (Å²) in [4.78, 5) is 59.8. The molecule has 6 N–H and O–H groups in total. The van der Waals surface area contributed by atoms with Crippen LogP contribution < -0.4 is 27.0 Å². The predicted octanol–water partition coefficient (Wildman–Crippen LogP) is 1.42. The summed E-state index contributed by atoms with van der Waals surface area (Å²) < 4.78 is 4.70. The van der Waals surface area contributed by atoms with E-state index in [1.54, 1.807) is 58.9 Å². The van der Waals surface area contributed by atoms with Crippen LogP contribution in [0.2, 0.25) is 0 Å². The van der Waals surface area contributed by atoms with Gasteiger partial charge in [-0.2, -0.15) is 0 Å². The topological polar surface area (TPSA) is 169 Å². The number of urea groups is 1. The van der Waals surface area contributed by atoms with E-state index in [1.165, 1.54) is 0 Å². The summed E-state index contributed by atoms with van der Waals surface area (Å²) in [5.41, 5.74) is 5.62. The standard InChI is InChI=1S/C24H37N5O6/c1-15(2)19(29-22(33)24(3,4)5)21(32)28-18(7-6-12-26-23(25)34)20(31)27-17-10-8-16(9-11-17)13-35-14-30/h8-11,14-15,18-19H,6-7,12-13H2,1-5H3,(H,27,31)(H,28,32)(H,29,33)(H3,25,26,34). The molecular formula is C24H37N5O6. The molecule has 35 heavy (non-hydrogen) atoms. The summed E-state index contributed by atoms with van der Waals surface area (Å²) in [5.74, 6) is -1.44. The van der Waals surface area contributed by atoms with Crippen LogP contribution in [0.1, 0.15) is 53.0 Å². The molecule has 1 rings (SSSR count). The molecule has 0 spiro atoms. The molecule has 0 saturated carbocycles. The largest absolute Gasteiger partial charge is 0.463 e. The predicted molar refractivity (Wildman–Crippen MR) is 131 cm³/mol. The number of carbonyl (C=O) groups is 5. The Labute approximate surface area is 205 Å². The van der Waals surface area contributed by atoms with Gasteiger partial charge in [0.25, 0.3) is 6.47 Å². The van der Waals surface area contributed by atoms with Gasteiger partial charge in [-0.25, -0.2) is 4.79 Å². The Morgan fingerprint density at radius 3 is 2.17 bits per heavy atom. The zero-order chi connectivity index (χ0) is 26.6. The molecule has 5 amide bonds. The first-order chi connectivity index (χ1) is 16.3. The second kappa shape index (κ2) is 13.9. The van der Waals surface area contributed by atoms with Gasteiger partial charge in [0, 0.05) is 17.6 Å². The molecule has 0 heterocycles. The molecule has 11 nitrogen and oxygen atoms in total. The molecule has 0 bridgehead atoms. The van der Waals surface area contributed by atoms with Crippen LogP contribution in [0.4, 0.5) is 10.5 Å². The molecule has 1 aromatic rings. The van der Waals surface area contributed by atoms with Gasteiger partial charge in [-0.15, -0.1) is 0 Å². The highest BCUT2D eigenvalue weighted by Crippen LogP contribution is 2.15. The van der Waals surface area contributed by atoms with Crippen LogP contribution in [0.25, 0.3) is 0 Å². The molecule has 2 atom stereocenters. The maximum absolute atomic E-state index is 13.1. The summed E-state index contributed by atoms with van der Waals surface area (Å²) in [6, 6.07) is 4.24. The number of rotatable bonds is 13. The smallest absolute Gasteiger partial charge is 0.312 e. The van der Waals surface area contributed by atoms with Crippen LogP contribution in [-0.4, -0.2) is 48.9 Å². The monoisotopic (exact) mass is 491 g/mol. The van der Waals surface area contributed by atoms with Crippen LogP contribution >= 0.6 is 0 Å².